The van der Waals surface area contributed by atoms with Crippen molar-refractivity contribution in [1.82, 2.24) is 0 Å². The Morgan fingerprint density at radius 3 is 2.60 bits per heavy atom. The van der Waals surface area contributed by atoms with Crippen LogP contribution in [0.2, 0.25) is 0 Å². The van der Waals surface area contributed by atoms with Crippen molar-refractivity contribution < 1.29 is 13.9 Å². The van der Waals surface area contributed by atoms with Gasteiger partial charge in [-0.2, -0.15) is 5.26 Å². The van der Waals surface area contributed by atoms with Crippen LogP contribution in [0.3, 0.4) is 0 Å². The molecular weight excluding hydrogens is 200 g/mol. The monoisotopic (exact) mass is 211 g/mol. The third-order valence-electron chi connectivity index (χ3n) is 2.16. The van der Waals surface area contributed by atoms with Crippen LogP contribution in [0.5, 0.6) is 0 Å². The second-order valence-electron chi connectivity index (χ2n) is 3.41. The van der Waals surface area contributed by atoms with Crippen molar-refractivity contribution in [3.8, 4) is 6.07 Å². The zero-order valence-electron chi connectivity index (χ0n) is 8.30. The van der Waals surface area contributed by atoms with E-state index in [2.05, 4.69) is 0 Å². The van der Waals surface area contributed by atoms with Gasteiger partial charge >= 0.3 is 0 Å². The highest BCUT2D eigenvalue weighted by atomic mass is 19.2. The van der Waals surface area contributed by atoms with Gasteiger partial charge in [-0.1, -0.05) is 0 Å². The van der Waals surface area contributed by atoms with Gasteiger partial charge in [0, 0.05) is 0 Å². The number of aliphatic hydroxyl groups excluding tert-OH is 1. The summed E-state index contributed by atoms with van der Waals surface area (Å²) in [6.07, 6.45) is -0.687. The van der Waals surface area contributed by atoms with Gasteiger partial charge in [0.05, 0.1) is 18.6 Å². The molecule has 2 nitrogen and oxygen atoms in total. The fourth-order valence-corrected chi connectivity index (χ4v) is 1.34. The average molecular weight is 211 g/mol. The van der Waals surface area contributed by atoms with Crippen LogP contribution in [-0.2, 0) is 6.42 Å². The van der Waals surface area contributed by atoms with E-state index in [0.29, 0.717) is 11.1 Å². The van der Waals surface area contributed by atoms with E-state index in [4.69, 9.17) is 5.26 Å². The van der Waals surface area contributed by atoms with Crippen molar-refractivity contribution in [3.05, 3.63) is 34.9 Å². The summed E-state index contributed by atoms with van der Waals surface area (Å²) in [6.45, 7) is 1.64. The first-order valence-electron chi connectivity index (χ1n) is 4.54. The van der Waals surface area contributed by atoms with Crippen LogP contribution in [-0.4, -0.2) is 11.2 Å². The minimum Gasteiger partial charge on any atom is -0.392 e. The molecule has 0 spiro atoms. The molecule has 15 heavy (non-hydrogen) atoms. The highest BCUT2D eigenvalue weighted by Crippen LogP contribution is 2.16. The molecule has 1 atom stereocenters. The number of aryl methyl sites for hydroxylation is 1. The van der Waals surface area contributed by atoms with E-state index in [9.17, 15) is 13.9 Å². The molecule has 0 radical (unpaired) electrons. The molecule has 0 fully saturated rings. The molecule has 0 amide bonds. The van der Waals surface area contributed by atoms with Crippen LogP contribution < -0.4 is 0 Å². The van der Waals surface area contributed by atoms with E-state index >= 15 is 0 Å². The molecule has 1 aromatic rings. The molecule has 0 aliphatic rings. The van der Waals surface area contributed by atoms with E-state index in [1.807, 2.05) is 6.07 Å². The maximum absolute atomic E-state index is 12.9. The summed E-state index contributed by atoms with van der Waals surface area (Å²) in [5.74, 6) is -1.83. The van der Waals surface area contributed by atoms with E-state index in [1.165, 1.54) is 0 Å². The SMILES string of the molecule is Cc1cc(F)c(F)cc1CC(O)CC#N. The molecule has 0 bridgehead atoms. The summed E-state index contributed by atoms with van der Waals surface area (Å²) in [6, 6.07) is 3.96. The number of nitrogens with zero attached hydrogens (tertiary/aromatic N) is 1. The van der Waals surface area contributed by atoms with Crippen molar-refractivity contribution in [2.24, 2.45) is 0 Å². The van der Waals surface area contributed by atoms with E-state index in [0.717, 1.165) is 12.1 Å². The van der Waals surface area contributed by atoms with Gasteiger partial charge in [-0.25, -0.2) is 8.78 Å². The Labute approximate surface area is 86.8 Å². The second-order valence-corrected chi connectivity index (χ2v) is 3.41. The smallest absolute Gasteiger partial charge is 0.159 e. The lowest BCUT2D eigenvalue weighted by Crippen LogP contribution is -2.10. The maximum Gasteiger partial charge on any atom is 0.159 e. The van der Waals surface area contributed by atoms with Gasteiger partial charge in [-0.3, -0.25) is 0 Å². The fraction of sp³-hybridized carbons (Fsp3) is 0.364. The van der Waals surface area contributed by atoms with Gasteiger partial charge < -0.3 is 5.11 Å². The van der Waals surface area contributed by atoms with E-state index < -0.39 is 17.7 Å². The normalized spacial score (nSPS) is 12.2. The molecule has 80 valence electrons. The van der Waals surface area contributed by atoms with Crippen LogP contribution in [0.4, 0.5) is 8.78 Å². The largest absolute Gasteiger partial charge is 0.392 e. The number of nitriles is 1. The zero-order chi connectivity index (χ0) is 11.4. The lowest BCUT2D eigenvalue weighted by Gasteiger charge is -2.09. The van der Waals surface area contributed by atoms with Gasteiger partial charge in [0.25, 0.3) is 0 Å². The third kappa shape index (κ3) is 3.00. The van der Waals surface area contributed by atoms with Crippen LogP contribution in [0.25, 0.3) is 0 Å². The molecule has 1 unspecified atom stereocenters. The number of benzene rings is 1. The second kappa shape index (κ2) is 4.85. The molecule has 1 rings (SSSR count). The van der Waals surface area contributed by atoms with Gasteiger partial charge in [0.2, 0.25) is 0 Å². The average Bonchev–Trinajstić information content (AvgIpc) is 2.14. The van der Waals surface area contributed by atoms with Gasteiger partial charge in [-0.05, 0) is 36.6 Å². The summed E-state index contributed by atoms with van der Waals surface area (Å²) in [7, 11) is 0. The molecule has 0 saturated heterocycles. The lowest BCUT2D eigenvalue weighted by molar-refractivity contribution is 0.180. The number of rotatable bonds is 3. The van der Waals surface area contributed by atoms with E-state index in [1.54, 1.807) is 6.92 Å². The summed E-state index contributed by atoms with van der Waals surface area (Å²) in [4.78, 5) is 0. The zero-order valence-corrected chi connectivity index (χ0v) is 8.30. The minimum atomic E-state index is -0.931. The van der Waals surface area contributed by atoms with Gasteiger partial charge in [0.15, 0.2) is 11.6 Å². The molecule has 1 aromatic carbocycles. The van der Waals surface area contributed by atoms with Crippen molar-refractivity contribution in [1.29, 1.82) is 5.26 Å². The first-order chi connectivity index (χ1) is 7.04. The van der Waals surface area contributed by atoms with Crippen molar-refractivity contribution in [2.45, 2.75) is 25.9 Å². The number of hydrogen-bond donors (Lipinski definition) is 1. The number of hydrogen-bond acceptors (Lipinski definition) is 2. The summed E-state index contributed by atoms with van der Waals surface area (Å²) >= 11 is 0. The Morgan fingerprint density at radius 2 is 2.00 bits per heavy atom. The predicted octanol–water partition coefficient (Wildman–Crippen LogP) is 2.09. The Bertz CT molecular complexity index is 398. The molecule has 0 aliphatic carbocycles. The van der Waals surface area contributed by atoms with Gasteiger partial charge in [0.1, 0.15) is 0 Å². The Balaban J connectivity index is 2.87. The van der Waals surface area contributed by atoms with Crippen LogP contribution in [0.1, 0.15) is 17.5 Å². The number of halogens is 2. The topological polar surface area (TPSA) is 44.0 Å². The third-order valence-corrected chi connectivity index (χ3v) is 2.16. The predicted molar refractivity (Wildman–Crippen MR) is 51.0 cm³/mol. The van der Waals surface area contributed by atoms with E-state index in [-0.39, 0.29) is 12.8 Å². The molecule has 0 heterocycles. The van der Waals surface area contributed by atoms with Crippen molar-refractivity contribution in [3.63, 3.8) is 0 Å². The van der Waals surface area contributed by atoms with Crippen molar-refractivity contribution >= 4 is 0 Å². The standard InChI is InChI=1S/C11H11F2NO/c1-7-4-10(12)11(13)6-8(7)5-9(15)2-3-14/h4,6,9,15H,2,5H2,1H3. The molecule has 0 aromatic heterocycles. The number of aliphatic hydroxyl groups is 1. The quantitative estimate of drug-likeness (QED) is 0.831. The Hall–Kier alpha value is -1.47. The lowest BCUT2D eigenvalue weighted by atomic mass is 10.0. The Kier molecular flexibility index (Phi) is 3.75. The first kappa shape index (κ1) is 11.6. The fourth-order valence-electron chi connectivity index (χ4n) is 1.34. The van der Waals surface area contributed by atoms with Gasteiger partial charge in [-0.15, -0.1) is 0 Å². The highest BCUT2D eigenvalue weighted by Gasteiger charge is 2.11. The highest BCUT2D eigenvalue weighted by molar-refractivity contribution is 5.28. The van der Waals surface area contributed by atoms with Crippen LogP contribution in [0.15, 0.2) is 12.1 Å². The first-order valence-corrected chi connectivity index (χ1v) is 4.54. The summed E-state index contributed by atoms with van der Waals surface area (Å²) in [5, 5.41) is 17.7. The summed E-state index contributed by atoms with van der Waals surface area (Å²) < 4.78 is 25.6. The molecule has 1 N–H and O–H groups in total. The molecule has 4 heteroatoms. The molecular formula is C11H11F2NO. The minimum absolute atomic E-state index is 0.0154. The molecule has 0 saturated carbocycles. The van der Waals surface area contributed by atoms with Crippen LogP contribution in [0, 0.1) is 29.9 Å². The Morgan fingerprint density at radius 1 is 1.40 bits per heavy atom. The molecule has 0 aliphatic heterocycles. The van der Waals surface area contributed by atoms with Crippen LogP contribution >= 0.6 is 0 Å². The summed E-state index contributed by atoms with van der Waals surface area (Å²) in [5.41, 5.74) is 1.10. The van der Waals surface area contributed by atoms with Crippen molar-refractivity contribution in [2.75, 3.05) is 0 Å². The maximum atomic E-state index is 12.9.